The lowest BCUT2D eigenvalue weighted by atomic mass is 9.89. The summed E-state index contributed by atoms with van der Waals surface area (Å²) in [7, 11) is 3.19. The molecule has 120 valence electrons. The lowest BCUT2D eigenvalue weighted by Crippen LogP contribution is -2.16. The molecule has 5 heteroatoms. The number of allylic oxidation sites excluding steroid dienone is 2. The molecule has 5 nitrogen and oxygen atoms in total. The molecule has 1 heterocycles. The summed E-state index contributed by atoms with van der Waals surface area (Å²) >= 11 is 0. The molecule has 1 unspecified atom stereocenters. The second-order valence-electron chi connectivity index (χ2n) is 5.45. The Labute approximate surface area is 134 Å². The van der Waals surface area contributed by atoms with Crippen LogP contribution in [0.2, 0.25) is 0 Å². The first kappa shape index (κ1) is 15.2. The minimum Gasteiger partial charge on any atom is -0.493 e. The number of carbonyl (C=O) groups excluding carboxylic acids is 1. The van der Waals surface area contributed by atoms with Crippen LogP contribution in [-0.2, 0) is 4.79 Å². The van der Waals surface area contributed by atoms with E-state index in [2.05, 4.69) is 5.32 Å². The molecule has 2 aromatic rings. The Hall–Kier alpha value is -2.69. The molecule has 1 aromatic carbocycles. The van der Waals surface area contributed by atoms with Gasteiger partial charge in [0.05, 0.1) is 20.5 Å². The number of benzene rings is 1. The molecule has 0 aliphatic heterocycles. The maximum atomic E-state index is 12.0. The Morgan fingerprint density at radius 2 is 1.96 bits per heavy atom. The van der Waals surface area contributed by atoms with Crippen LogP contribution in [0.15, 0.2) is 52.8 Å². The zero-order valence-corrected chi connectivity index (χ0v) is 13.2. The van der Waals surface area contributed by atoms with Gasteiger partial charge in [-0.3, -0.25) is 4.79 Å². The summed E-state index contributed by atoms with van der Waals surface area (Å²) in [6.07, 6.45) is 4.51. The van der Waals surface area contributed by atoms with Gasteiger partial charge in [-0.1, -0.05) is 0 Å². The van der Waals surface area contributed by atoms with Crippen molar-refractivity contribution in [3.05, 3.63) is 54.1 Å². The van der Waals surface area contributed by atoms with Crippen molar-refractivity contribution in [2.75, 3.05) is 19.5 Å². The van der Waals surface area contributed by atoms with Gasteiger partial charge in [-0.25, -0.2) is 0 Å². The molecule has 0 saturated carbocycles. The standard InChI is InChI=1S/C18H19NO4/c1-21-17-6-5-13(11-18(17)22-2)19-14-8-12(9-15(20)10-14)16-4-3-7-23-16/h3-7,10-12,19H,8-9H2,1-2H3. The molecular formula is C18H19NO4. The average Bonchev–Trinajstić information content (AvgIpc) is 3.08. The second kappa shape index (κ2) is 6.60. The lowest BCUT2D eigenvalue weighted by Gasteiger charge is -2.22. The molecule has 0 bridgehead atoms. The van der Waals surface area contributed by atoms with Gasteiger partial charge in [0.1, 0.15) is 5.76 Å². The third-order valence-corrected chi connectivity index (χ3v) is 3.88. The third-order valence-electron chi connectivity index (χ3n) is 3.88. The molecule has 0 spiro atoms. The monoisotopic (exact) mass is 313 g/mol. The van der Waals surface area contributed by atoms with E-state index in [9.17, 15) is 4.79 Å². The molecule has 23 heavy (non-hydrogen) atoms. The maximum Gasteiger partial charge on any atom is 0.162 e. The van der Waals surface area contributed by atoms with Crippen molar-refractivity contribution in [1.29, 1.82) is 0 Å². The normalized spacial score (nSPS) is 17.6. The van der Waals surface area contributed by atoms with E-state index in [4.69, 9.17) is 13.9 Å². The number of rotatable bonds is 5. The van der Waals surface area contributed by atoms with Gasteiger partial charge in [-0.2, -0.15) is 0 Å². The highest BCUT2D eigenvalue weighted by molar-refractivity contribution is 5.92. The fourth-order valence-electron chi connectivity index (χ4n) is 2.80. The molecule has 1 atom stereocenters. The predicted molar refractivity (Wildman–Crippen MR) is 86.9 cm³/mol. The van der Waals surface area contributed by atoms with Gasteiger partial charge in [0.2, 0.25) is 0 Å². The number of hydrogen-bond acceptors (Lipinski definition) is 5. The van der Waals surface area contributed by atoms with E-state index in [0.29, 0.717) is 17.9 Å². The molecule has 0 radical (unpaired) electrons. The van der Waals surface area contributed by atoms with Crippen molar-refractivity contribution in [3.63, 3.8) is 0 Å². The maximum absolute atomic E-state index is 12.0. The number of methoxy groups -OCH3 is 2. The van der Waals surface area contributed by atoms with Crippen LogP contribution in [0.1, 0.15) is 24.5 Å². The van der Waals surface area contributed by atoms with Crippen LogP contribution in [0, 0.1) is 0 Å². The zero-order valence-electron chi connectivity index (χ0n) is 13.2. The first-order chi connectivity index (χ1) is 11.2. The molecule has 1 aromatic heterocycles. The van der Waals surface area contributed by atoms with Gasteiger partial charge in [0, 0.05) is 35.9 Å². The first-order valence-corrected chi connectivity index (χ1v) is 7.45. The summed E-state index contributed by atoms with van der Waals surface area (Å²) in [6, 6.07) is 9.33. The fourth-order valence-corrected chi connectivity index (χ4v) is 2.80. The number of furan rings is 1. The average molecular weight is 313 g/mol. The lowest BCUT2D eigenvalue weighted by molar-refractivity contribution is -0.115. The summed E-state index contributed by atoms with van der Waals surface area (Å²) in [6.45, 7) is 0. The molecule has 1 aliphatic rings. The zero-order chi connectivity index (χ0) is 16.2. The molecule has 3 rings (SSSR count). The van der Waals surface area contributed by atoms with Crippen LogP contribution >= 0.6 is 0 Å². The molecular weight excluding hydrogens is 294 g/mol. The first-order valence-electron chi connectivity index (χ1n) is 7.45. The highest BCUT2D eigenvalue weighted by atomic mass is 16.5. The van der Waals surface area contributed by atoms with Crippen molar-refractivity contribution in [3.8, 4) is 11.5 Å². The Bertz CT molecular complexity index is 719. The number of hydrogen-bond donors (Lipinski definition) is 1. The Morgan fingerprint density at radius 1 is 1.13 bits per heavy atom. The summed E-state index contributed by atoms with van der Waals surface area (Å²) < 4.78 is 16.0. The van der Waals surface area contributed by atoms with Crippen LogP contribution < -0.4 is 14.8 Å². The number of anilines is 1. The SMILES string of the molecule is COc1ccc(NC2=CC(=O)CC(c3ccco3)C2)cc1OC. The molecule has 0 fully saturated rings. The summed E-state index contributed by atoms with van der Waals surface area (Å²) in [4.78, 5) is 12.0. The highest BCUT2D eigenvalue weighted by Crippen LogP contribution is 2.34. The highest BCUT2D eigenvalue weighted by Gasteiger charge is 2.24. The number of nitrogens with one attached hydrogen (secondary N) is 1. The summed E-state index contributed by atoms with van der Waals surface area (Å²) in [5.74, 6) is 2.33. The van der Waals surface area contributed by atoms with Crippen LogP contribution in [0.25, 0.3) is 0 Å². The van der Waals surface area contributed by atoms with Gasteiger partial charge in [0.25, 0.3) is 0 Å². The number of ketones is 1. The third kappa shape index (κ3) is 3.39. The minimum absolute atomic E-state index is 0.0742. The molecule has 0 saturated heterocycles. The molecule has 1 N–H and O–H groups in total. The molecule has 0 amide bonds. The molecule has 1 aliphatic carbocycles. The van der Waals surface area contributed by atoms with Crippen LogP contribution in [0.5, 0.6) is 11.5 Å². The van der Waals surface area contributed by atoms with E-state index in [1.54, 1.807) is 26.6 Å². The van der Waals surface area contributed by atoms with Gasteiger partial charge in [-0.05, 0) is 30.7 Å². The smallest absolute Gasteiger partial charge is 0.162 e. The second-order valence-corrected chi connectivity index (χ2v) is 5.45. The van der Waals surface area contributed by atoms with E-state index in [0.717, 1.165) is 23.6 Å². The van der Waals surface area contributed by atoms with Crippen LogP contribution in [-0.4, -0.2) is 20.0 Å². The van der Waals surface area contributed by atoms with E-state index >= 15 is 0 Å². The number of ether oxygens (including phenoxy) is 2. The van der Waals surface area contributed by atoms with E-state index in [-0.39, 0.29) is 11.7 Å². The summed E-state index contributed by atoms with van der Waals surface area (Å²) in [5, 5.41) is 3.29. The van der Waals surface area contributed by atoms with E-state index in [1.807, 2.05) is 30.3 Å². The van der Waals surface area contributed by atoms with Crippen molar-refractivity contribution in [2.24, 2.45) is 0 Å². The van der Waals surface area contributed by atoms with Crippen molar-refractivity contribution < 1.29 is 18.7 Å². The van der Waals surface area contributed by atoms with Crippen molar-refractivity contribution >= 4 is 11.5 Å². The topological polar surface area (TPSA) is 60.7 Å². The van der Waals surface area contributed by atoms with Crippen molar-refractivity contribution in [1.82, 2.24) is 0 Å². The minimum atomic E-state index is 0.0742. The van der Waals surface area contributed by atoms with Crippen LogP contribution in [0.4, 0.5) is 5.69 Å². The Kier molecular flexibility index (Phi) is 4.37. The number of carbonyl (C=O) groups is 1. The largest absolute Gasteiger partial charge is 0.493 e. The quantitative estimate of drug-likeness (QED) is 0.911. The fraction of sp³-hybridized carbons (Fsp3) is 0.278. The van der Waals surface area contributed by atoms with Crippen LogP contribution in [0.3, 0.4) is 0 Å². The predicted octanol–water partition coefficient (Wildman–Crippen LogP) is 3.74. The van der Waals surface area contributed by atoms with Gasteiger partial charge < -0.3 is 19.2 Å². The van der Waals surface area contributed by atoms with Gasteiger partial charge in [0.15, 0.2) is 17.3 Å². The Balaban J connectivity index is 1.78. The van der Waals surface area contributed by atoms with E-state index < -0.39 is 0 Å². The van der Waals surface area contributed by atoms with Gasteiger partial charge in [-0.15, -0.1) is 0 Å². The van der Waals surface area contributed by atoms with Crippen molar-refractivity contribution in [2.45, 2.75) is 18.8 Å². The van der Waals surface area contributed by atoms with Gasteiger partial charge >= 0.3 is 0 Å². The Morgan fingerprint density at radius 3 is 2.65 bits per heavy atom. The summed E-state index contributed by atoms with van der Waals surface area (Å²) in [5.41, 5.74) is 1.72. The van der Waals surface area contributed by atoms with E-state index in [1.165, 1.54) is 0 Å².